The van der Waals surface area contributed by atoms with Crippen LogP contribution in [0.4, 0.5) is 0 Å². The van der Waals surface area contributed by atoms with Crippen LogP contribution >= 0.6 is 31.9 Å². The van der Waals surface area contributed by atoms with Gasteiger partial charge in [0.25, 0.3) is 0 Å². The fourth-order valence-electron chi connectivity index (χ4n) is 2.10. The van der Waals surface area contributed by atoms with Gasteiger partial charge in [-0.3, -0.25) is 0 Å². The molecule has 0 N–H and O–H groups in total. The summed E-state index contributed by atoms with van der Waals surface area (Å²) in [4.78, 5) is 14.1. The number of nitrogens with zero attached hydrogens (tertiary/aromatic N) is 2. The number of carbonyl (C=O) groups excluding carboxylic acids is 1. The van der Waals surface area contributed by atoms with E-state index >= 15 is 0 Å². The van der Waals surface area contributed by atoms with E-state index < -0.39 is 10.0 Å². The average Bonchev–Trinajstić information content (AvgIpc) is 2.42. The van der Waals surface area contributed by atoms with Crippen LogP contribution in [0.25, 0.3) is 0 Å². The van der Waals surface area contributed by atoms with Crippen LogP contribution in [0.3, 0.4) is 0 Å². The molecule has 0 aromatic heterocycles. The van der Waals surface area contributed by atoms with Crippen molar-refractivity contribution in [3.05, 3.63) is 27.1 Å². The van der Waals surface area contributed by atoms with Crippen molar-refractivity contribution in [3.63, 3.8) is 0 Å². The zero-order valence-corrected chi connectivity index (χ0v) is 14.4. The molecule has 2 rings (SSSR count). The number of halogens is 2. The van der Waals surface area contributed by atoms with Crippen molar-refractivity contribution < 1.29 is 13.2 Å². The molecule has 1 fully saturated rings. The highest BCUT2D eigenvalue weighted by Crippen LogP contribution is 2.30. The minimum absolute atomic E-state index is 0.120. The fourth-order valence-corrected chi connectivity index (χ4v) is 5.03. The predicted molar refractivity (Wildman–Crippen MR) is 81.7 cm³/mol. The van der Waals surface area contributed by atoms with Gasteiger partial charge in [0, 0.05) is 22.0 Å². The third-order valence-corrected chi connectivity index (χ3v) is 6.56. The third kappa shape index (κ3) is 3.38. The number of aliphatic imine (C=N–C) groups is 1. The summed E-state index contributed by atoms with van der Waals surface area (Å²) >= 11 is 6.55. The lowest BCUT2D eigenvalue weighted by molar-refractivity contribution is 0.320. The molecular weight excluding hydrogens is 412 g/mol. The lowest BCUT2D eigenvalue weighted by Gasteiger charge is -2.29. The Balaban J connectivity index is 2.24. The molecule has 108 valence electrons. The molecule has 0 atom stereocenters. The van der Waals surface area contributed by atoms with Gasteiger partial charge in [-0.1, -0.05) is 15.9 Å². The average molecular weight is 424 g/mol. The van der Waals surface area contributed by atoms with E-state index in [4.69, 9.17) is 0 Å². The highest BCUT2D eigenvalue weighted by atomic mass is 79.9. The third-order valence-electron chi connectivity index (χ3n) is 3.17. The van der Waals surface area contributed by atoms with E-state index in [0.29, 0.717) is 34.9 Å². The first-order valence-corrected chi connectivity index (χ1v) is 9.00. The molecular formula is C12H12Br2N2O3S. The van der Waals surface area contributed by atoms with Crippen LogP contribution < -0.4 is 0 Å². The van der Waals surface area contributed by atoms with E-state index in [1.807, 2.05) is 0 Å². The summed E-state index contributed by atoms with van der Waals surface area (Å²) in [7, 11) is -3.54. The minimum Gasteiger partial charge on any atom is -0.211 e. The topological polar surface area (TPSA) is 66.8 Å². The number of rotatable bonds is 3. The van der Waals surface area contributed by atoms with E-state index in [-0.39, 0.29) is 10.9 Å². The summed E-state index contributed by atoms with van der Waals surface area (Å²) in [6.45, 7) is 0.717. The van der Waals surface area contributed by atoms with E-state index in [2.05, 4.69) is 36.9 Å². The standard InChI is InChI=1S/C12H12Br2N2O3S/c13-9-1-2-11(14)12(7-9)20(18,19)16-5-3-10(4-6-16)15-8-17/h1-2,7,10H,3-6H2. The van der Waals surface area contributed by atoms with Gasteiger partial charge in [0.15, 0.2) is 0 Å². The fraction of sp³-hybridized carbons (Fsp3) is 0.417. The molecule has 20 heavy (non-hydrogen) atoms. The Morgan fingerprint density at radius 3 is 2.50 bits per heavy atom. The van der Waals surface area contributed by atoms with Crippen molar-refractivity contribution in [2.75, 3.05) is 13.1 Å². The first-order valence-electron chi connectivity index (χ1n) is 5.97. The lowest BCUT2D eigenvalue weighted by Crippen LogP contribution is -2.39. The van der Waals surface area contributed by atoms with Gasteiger partial charge in [-0.05, 0) is 47.0 Å². The van der Waals surface area contributed by atoms with E-state index in [1.54, 1.807) is 18.2 Å². The highest BCUT2D eigenvalue weighted by molar-refractivity contribution is 9.11. The first kappa shape index (κ1) is 15.9. The Labute approximate surface area is 134 Å². The molecule has 1 aromatic carbocycles. The van der Waals surface area contributed by atoms with Gasteiger partial charge >= 0.3 is 0 Å². The van der Waals surface area contributed by atoms with Gasteiger partial charge in [0.2, 0.25) is 16.1 Å². The highest BCUT2D eigenvalue weighted by Gasteiger charge is 2.30. The maximum absolute atomic E-state index is 12.6. The Hall–Kier alpha value is -0.530. The Morgan fingerprint density at radius 2 is 1.90 bits per heavy atom. The first-order chi connectivity index (χ1) is 9.45. The molecule has 1 heterocycles. The van der Waals surface area contributed by atoms with Crippen molar-refractivity contribution in [1.29, 1.82) is 0 Å². The molecule has 0 saturated carbocycles. The number of hydrogen-bond donors (Lipinski definition) is 0. The molecule has 0 unspecified atom stereocenters. The van der Waals surface area contributed by atoms with E-state index in [9.17, 15) is 13.2 Å². The Bertz CT molecular complexity index is 649. The molecule has 0 bridgehead atoms. The maximum Gasteiger partial charge on any atom is 0.244 e. The van der Waals surface area contributed by atoms with Gasteiger partial charge < -0.3 is 0 Å². The van der Waals surface area contributed by atoms with Crippen LogP contribution in [0.5, 0.6) is 0 Å². The predicted octanol–water partition coefficient (Wildman–Crippen LogP) is 2.70. The van der Waals surface area contributed by atoms with Gasteiger partial charge in [-0.2, -0.15) is 4.31 Å². The summed E-state index contributed by atoms with van der Waals surface area (Å²) in [5.41, 5.74) is 0. The molecule has 1 saturated heterocycles. The largest absolute Gasteiger partial charge is 0.244 e. The van der Waals surface area contributed by atoms with Gasteiger partial charge in [-0.15, -0.1) is 0 Å². The minimum atomic E-state index is -3.54. The molecule has 0 amide bonds. The summed E-state index contributed by atoms with van der Waals surface area (Å²) in [5, 5.41) is 0. The quantitative estimate of drug-likeness (QED) is 0.554. The van der Waals surface area contributed by atoms with Gasteiger partial charge in [0.1, 0.15) is 0 Å². The van der Waals surface area contributed by atoms with Crippen LogP contribution in [0, 0.1) is 0 Å². The van der Waals surface area contributed by atoms with Crippen LogP contribution in [0.15, 0.2) is 37.0 Å². The zero-order valence-electron chi connectivity index (χ0n) is 10.4. The summed E-state index contributed by atoms with van der Waals surface area (Å²) in [5.74, 6) is 0. The second-order valence-electron chi connectivity index (χ2n) is 4.43. The molecule has 5 nitrogen and oxygen atoms in total. The lowest BCUT2D eigenvalue weighted by atomic mass is 10.1. The molecule has 8 heteroatoms. The molecule has 0 spiro atoms. The number of benzene rings is 1. The van der Waals surface area contributed by atoms with Crippen molar-refractivity contribution in [2.45, 2.75) is 23.8 Å². The smallest absolute Gasteiger partial charge is 0.211 e. The normalized spacial score (nSPS) is 17.7. The Morgan fingerprint density at radius 1 is 1.25 bits per heavy atom. The maximum atomic E-state index is 12.6. The summed E-state index contributed by atoms with van der Waals surface area (Å²) < 4.78 is 27.9. The monoisotopic (exact) mass is 422 g/mol. The van der Waals surface area contributed by atoms with Crippen LogP contribution in [0.2, 0.25) is 0 Å². The Kier molecular flexibility index (Phi) is 5.14. The molecule has 1 aliphatic rings. The SMILES string of the molecule is O=C=NC1CCN(S(=O)(=O)c2cc(Br)ccc2Br)CC1. The molecule has 1 aromatic rings. The summed E-state index contributed by atoms with van der Waals surface area (Å²) in [6.07, 6.45) is 2.62. The zero-order chi connectivity index (χ0) is 14.8. The van der Waals surface area contributed by atoms with Crippen molar-refractivity contribution in [2.24, 2.45) is 4.99 Å². The van der Waals surface area contributed by atoms with Crippen molar-refractivity contribution >= 4 is 48.0 Å². The molecule has 1 aliphatic heterocycles. The second kappa shape index (κ2) is 6.49. The number of piperidine rings is 1. The van der Waals surface area contributed by atoms with Crippen LogP contribution in [-0.4, -0.2) is 37.9 Å². The molecule has 0 radical (unpaired) electrons. The molecule has 0 aliphatic carbocycles. The number of sulfonamides is 1. The van der Waals surface area contributed by atoms with E-state index in [0.717, 1.165) is 0 Å². The summed E-state index contributed by atoms with van der Waals surface area (Å²) in [6, 6.07) is 4.92. The second-order valence-corrected chi connectivity index (χ2v) is 8.11. The number of isocyanates is 1. The van der Waals surface area contributed by atoms with Crippen molar-refractivity contribution in [3.8, 4) is 0 Å². The van der Waals surface area contributed by atoms with Crippen LogP contribution in [0.1, 0.15) is 12.8 Å². The van der Waals surface area contributed by atoms with Crippen molar-refractivity contribution in [1.82, 2.24) is 4.31 Å². The van der Waals surface area contributed by atoms with E-state index in [1.165, 1.54) is 10.4 Å². The number of hydrogen-bond acceptors (Lipinski definition) is 4. The van der Waals surface area contributed by atoms with Gasteiger partial charge in [-0.25, -0.2) is 18.2 Å². The van der Waals surface area contributed by atoms with Crippen LogP contribution in [-0.2, 0) is 14.8 Å². The van der Waals surface area contributed by atoms with Gasteiger partial charge in [0.05, 0.1) is 10.9 Å².